The summed E-state index contributed by atoms with van der Waals surface area (Å²) in [4.78, 5) is 11.1. The summed E-state index contributed by atoms with van der Waals surface area (Å²) in [7, 11) is 0. The van der Waals surface area contributed by atoms with Crippen molar-refractivity contribution < 1.29 is 36.9 Å². The van der Waals surface area contributed by atoms with E-state index in [1.165, 1.54) is 30.3 Å². The third kappa shape index (κ3) is 3.67. The van der Waals surface area contributed by atoms with E-state index in [1.54, 1.807) is 0 Å². The number of fused-ring (bicyclic) bond motifs is 1. The Hall–Kier alpha value is -2.55. The molecule has 1 heterocycles. The number of carboxylic acids is 1. The monoisotopic (exact) mass is 432 g/mol. The number of hydrogen-bond donors (Lipinski definition) is 1. The van der Waals surface area contributed by atoms with E-state index in [2.05, 4.69) is 15.9 Å². The summed E-state index contributed by atoms with van der Waals surface area (Å²) in [6, 6.07) is 7.70. The van der Waals surface area contributed by atoms with E-state index >= 15 is 0 Å². The Bertz CT molecular complexity index is 908. The summed E-state index contributed by atoms with van der Waals surface area (Å²) in [5.74, 6) is -1.99. The molecule has 0 bridgehead atoms. The van der Waals surface area contributed by atoms with Gasteiger partial charge in [0.05, 0.1) is 10.0 Å². The van der Waals surface area contributed by atoms with Crippen LogP contribution in [0, 0.1) is 5.82 Å². The van der Waals surface area contributed by atoms with Crippen molar-refractivity contribution in [3.05, 3.63) is 57.8 Å². The van der Waals surface area contributed by atoms with Gasteiger partial charge in [-0.2, -0.15) is 13.2 Å². The lowest BCUT2D eigenvalue weighted by Gasteiger charge is -2.27. The van der Waals surface area contributed by atoms with Gasteiger partial charge < -0.3 is 14.6 Å². The first-order chi connectivity index (χ1) is 12.1. The second-order valence-corrected chi connectivity index (χ2v) is 6.18. The van der Waals surface area contributed by atoms with Crippen LogP contribution < -0.4 is 9.47 Å². The molecule has 0 radical (unpaired) electrons. The van der Waals surface area contributed by atoms with Crippen molar-refractivity contribution in [2.24, 2.45) is 0 Å². The van der Waals surface area contributed by atoms with Crippen LogP contribution in [0.1, 0.15) is 5.56 Å². The molecule has 0 amide bonds. The van der Waals surface area contributed by atoms with Gasteiger partial charge in [-0.15, -0.1) is 0 Å². The molecular formula is C17H9BrF4O4. The molecule has 0 saturated carbocycles. The highest BCUT2D eigenvalue weighted by Gasteiger charge is 2.48. The van der Waals surface area contributed by atoms with Crippen LogP contribution in [0.4, 0.5) is 17.6 Å². The Morgan fingerprint density at radius 2 is 1.92 bits per heavy atom. The van der Waals surface area contributed by atoms with Gasteiger partial charge in [-0.3, -0.25) is 0 Å². The molecule has 4 nitrogen and oxygen atoms in total. The first-order valence-electron chi connectivity index (χ1n) is 7.10. The fraction of sp³-hybridized carbons (Fsp3) is 0.118. The van der Waals surface area contributed by atoms with Crippen LogP contribution in [0.2, 0.25) is 0 Å². The molecule has 1 unspecified atom stereocenters. The van der Waals surface area contributed by atoms with Crippen LogP contribution in [0.15, 0.2) is 46.4 Å². The quantitative estimate of drug-likeness (QED) is 0.679. The maximum Gasteiger partial charge on any atom is 0.430 e. The van der Waals surface area contributed by atoms with E-state index in [-0.39, 0.29) is 22.8 Å². The maximum atomic E-state index is 13.1. The summed E-state index contributed by atoms with van der Waals surface area (Å²) in [5, 5.41) is 8.99. The molecule has 1 N–H and O–H groups in total. The molecule has 0 aromatic heterocycles. The standard InChI is InChI=1S/C17H9BrF4O4/c18-12-6-9(19)2-4-13(12)25-10-3-1-8-5-11(16(23)24)15(17(20,21)22)26-14(8)7-10/h1-7,15H,(H,23,24). The minimum Gasteiger partial charge on any atom is -0.478 e. The highest BCUT2D eigenvalue weighted by molar-refractivity contribution is 9.10. The third-order valence-electron chi connectivity index (χ3n) is 3.49. The van der Waals surface area contributed by atoms with E-state index in [1.807, 2.05) is 0 Å². The van der Waals surface area contributed by atoms with Gasteiger partial charge in [-0.25, -0.2) is 9.18 Å². The van der Waals surface area contributed by atoms with E-state index in [9.17, 15) is 22.4 Å². The van der Waals surface area contributed by atoms with Gasteiger partial charge in [0.2, 0.25) is 6.10 Å². The molecule has 0 aliphatic carbocycles. The first kappa shape index (κ1) is 18.2. The average molecular weight is 433 g/mol. The molecule has 1 aliphatic heterocycles. The number of rotatable bonds is 3. The van der Waals surface area contributed by atoms with E-state index < -0.39 is 29.6 Å². The van der Waals surface area contributed by atoms with Gasteiger partial charge in [0.15, 0.2) is 0 Å². The highest BCUT2D eigenvalue weighted by Crippen LogP contribution is 2.40. The molecule has 1 aliphatic rings. The number of hydrogen-bond acceptors (Lipinski definition) is 3. The van der Waals surface area contributed by atoms with E-state index in [4.69, 9.17) is 14.6 Å². The topological polar surface area (TPSA) is 55.8 Å². The second-order valence-electron chi connectivity index (χ2n) is 5.32. The number of benzene rings is 2. The Kier molecular flexibility index (Phi) is 4.66. The maximum absolute atomic E-state index is 13.1. The van der Waals surface area contributed by atoms with Gasteiger partial charge in [0.1, 0.15) is 23.1 Å². The Morgan fingerprint density at radius 3 is 2.54 bits per heavy atom. The smallest absolute Gasteiger partial charge is 0.430 e. The largest absolute Gasteiger partial charge is 0.478 e. The molecule has 1 atom stereocenters. The molecule has 0 saturated heterocycles. The minimum absolute atomic E-state index is 0.143. The van der Waals surface area contributed by atoms with Crippen LogP contribution in [0.5, 0.6) is 17.2 Å². The van der Waals surface area contributed by atoms with Crippen molar-refractivity contribution in [3.63, 3.8) is 0 Å². The number of halogens is 5. The zero-order valence-corrected chi connectivity index (χ0v) is 14.3. The number of carboxylic acid groups (broad SMARTS) is 1. The molecule has 136 valence electrons. The zero-order chi connectivity index (χ0) is 19.1. The lowest BCUT2D eigenvalue weighted by atomic mass is 10.0. The normalized spacial score (nSPS) is 16.3. The Balaban J connectivity index is 1.95. The first-order valence-corrected chi connectivity index (χ1v) is 7.89. The van der Waals surface area contributed by atoms with Gasteiger partial charge in [-0.05, 0) is 52.3 Å². The molecular weight excluding hydrogens is 424 g/mol. The zero-order valence-electron chi connectivity index (χ0n) is 12.7. The van der Waals surface area contributed by atoms with Crippen molar-refractivity contribution in [2.45, 2.75) is 12.3 Å². The van der Waals surface area contributed by atoms with Crippen LogP contribution in [0.25, 0.3) is 6.08 Å². The van der Waals surface area contributed by atoms with Gasteiger partial charge in [0, 0.05) is 11.6 Å². The summed E-state index contributed by atoms with van der Waals surface area (Å²) in [6.07, 6.45) is -6.56. The van der Waals surface area contributed by atoms with Crippen LogP contribution in [0.3, 0.4) is 0 Å². The summed E-state index contributed by atoms with van der Waals surface area (Å²) >= 11 is 3.12. The Morgan fingerprint density at radius 1 is 1.19 bits per heavy atom. The van der Waals surface area contributed by atoms with Crippen molar-refractivity contribution >= 4 is 28.0 Å². The van der Waals surface area contributed by atoms with Gasteiger partial charge in [-0.1, -0.05) is 0 Å². The highest BCUT2D eigenvalue weighted by atomic mass is 79.9. The molecule has 2 aromatic carbocycles. The number of carbonyl (C=O) groups is 1. The lowest BCUT2D eigenvalue weighted by Crippen LogP contribution is -2.40. The molecule has 2 aromatic rings. The SMILES string of the molecule is O=C(O)C1=Cc2ccc(Oc3ccc(F)cc3Br)cc2OC1C(F)(F)F. The predicted octanol–water partition coefficient (Wildman–Crippen LogP) is 5.17. The third-order valence-corrected chi connectivity index (χ3v) is 4.11. The number of ether oxygens (including phenoxy) is 2. The molecule has 0 fully saturated rings. The molecule has 0 spiro atoms. The van der Waals surface area contributed by atoms with Crippen molar-refractivity contribution in [1.29, 1.82) is 0 Å². The number of aliphatic carboxylic acids is 1. The average Bonchev–Trinajstić information content (AvgIpc) is 2.55. The summed E-state index contributed by atoms with van der Waals surface area (Å²) in [6.45, 7) is 0. The summed E-state index contributed by atoms with van der Waals surface area (Å²) < 4.78 is 63.0. The van der Waals surface area contributed by atoms with Crippen molar-refractivity contribution in [3.8, 4) is 17.2 Å². The van der Waals surface area contributed by atoms with Crippen LogP contribution in [-0.4, -0.2) is 23.4 Å². The molecule has 3 rings (SSSR count). The van der Waals surface area contributed by atoms with Gasteiger partial charge in [0.25, 0.3) is 0 Å². The van der Waals surface area contributed by atoms with Crippen molar-refractivity contribution in [2.75, 3.05) is 0 Å². The van der Waals surface area contributed by atoms with E-state index in [0.29, 0.717) is 4.47 Å². The number of alkyl halides is 3. The predicted molar refractivity (Wildman–Crippen MR) is 86.7 cm³/mol. The second kappa shape index (κ2) is 6.64. The summed E-state index contributed by atoms with van der Waals surface area (Å²) in [5.41, 5.74) is -0.728. The fourth-order valence-corrected chi connectivity index (χ4v) is 2.77. The fourth-order valence-electron chi connectivity index (χ4n) is 2.34. The lowest BCUT2D eigenvalue weighted by molar-refractivity contribution is -0.187. The van der Waals surface area contributed by atoms with Crippen LogP contribution in [-0.2, 0) is 4.79 Å². The van der Waals surface area contributed by atoms with E-state index in [0.717, 1.165) is 12.1 Å². The molecule has 26 heavy (non-hydrogen) atoms. The Labute approximate surface area is 152 Å². The van der Waals surface area contributed by atoms with Gasteiger partial charge >= 0.3 is 12.1 Å². The van der Waals surface area contributed by atoms with Crippen molar-refractivity contribution in [1.82, 2.24) is 0 Å². The minimum atomic E-state index is -4.89. The van der Waals surface area contributed by atoms with Crippen LogP contribution >= 0.6 is 15.9 Å². The molecule has 9 heteroatoms.